The number of pyridine rings is 1. The van der Waals surface area contributed by atoms with Gasteiger partial charge >= 0.3 is 6.18 Å². The van der Waals surface area contributed by atoms with Gasteiger partial charge in [0, 0.05) is 12.1 Å². The average Bonchev–Trinajstić information content (AvgIpc) is 3.30. The third kappa shape index (κ3) is 4.64. The zero-order valence-electron chi connectivity index (χ0n) is 18.3. The number of alkyl halides is 3. The number of hydrogen-bond donors (Lipinski definition) is 1. The molecule has 34 heavy (non-hydrogen) atoms. The number of aromatic nitrogens is 1. The number of H-pyrrole nitrogens is 1. The van der Waals surface area contributed by atoms with Gasteiger partial charge in [-0.25, -0.2) is 8.42 Å². The van der Waals surface area contributed by atoms with Crippen LogP contribution >= 0.6 is 0 Å². The van der Waals surface area contributed by atoms with Crippen LogP contribution in [0.5, 0.6) is 0 Å². The number of halogens is 3. The maximum Gasteiger partial charge on any atom is 0.416 e. The molecule has 2 aromatic carbocycles. The van der Waals surface area contributed by atoms with E-state index in [1.54, 1.807) is 18.2 Å². The predicted molar refractivity (Wildman–Crippen MR) is 121 cm³/mol. The van der Waals surface area contributed by atoms with Gasteiger partial charge in [0.15, 0.2) is 0 Å². The molecular weight excluding hydrogens is 469 g/mol. The van der Waals surface area contributed by atoms with Crippen LogP contribution in [-0.2, 0) is 29.3 Å². The third-order valence-corrected chi connectivity index (χ3v) is 7.47. The van der Waals surface area contributed by atoms with Crippen LogP contribution in [0.25, 0.3) is 10.9 Å². The molecule has 0 aliphatic heterocycles. The molecule has 0 fully saturated rings. The zero-order valence-corrected chi connectivity index (χ0v) is 19.1. The van der Waals surface area contributed by atoms with Gasteiger partial charge in [0.2, 0.25) is 10.0 Å². The molecule has 2 aromatic heterocycles. The molecule has 0 unspecified atom stereocenters. The molecule has 0 radical (unpaired) electrons. The monoisotopic (exact) mass is 490 g/mol. The van der Waals surface area contributed by atoms with Crippen molar-refractivity contribution in [2.24, 2.45) is 0 Å². The normalized spacial score (nSPS) is 12.5. The fourth-order valence-corrected chi connectivity index (χ4v) is 5.09. The number of nitrogens with zero attached hydrogens (tertiary/aromatic N) is 1. The van der Waals surface area contributed by atoms with E-state index in [0.29, 0.717) is 17.0 Å². The minimum absolute atomic E-state index is 0.151. The minimum Gasteiger partial charge on any atom is -0.468 e. The van der Waals surface area contributed by atoms with E-state index < -0.39 is 32.2 Å². The van der Waals surface area contributed by atoms with Gasteiger partial charge in [-0.2, -0.15) is 17.5 Å². The van der Waals surface area contributed by atoms with Gasteiger partial charge in [-0.15, -0.1) is 0 Å². The van der Waals surface area contributed by atoms with Crippen LogP contribution in [-0.4, -0.2) is 17.7 Å². The van der Waals surface area contributed by atoms with Gasteiger partial charge in [-0.05, 0) is 66.8 Å². The van der Waals surface area contributed by atoms with Crippen molar-refractivity contribution in [2.45, 2.75) is 38.0 Å². The molecule has 1 N–H and O–H groups in total. The molecule has 0 bridgehead atoms. The highest BCUT2D eigenvalue weighted by atomic mass is 32.2. The molecule has 0 aliphatic carbocycles. The number of sulfonamides is 1. The van der Waals surface area contributed by atoms with Crippen molar-refractivity contribution in [3.63, 3.8) is 0 Å². The summed E-state index contributed by atoms with van der Waals surface area (Å²) in [7, 11) is -4.42. The Morgan fingerprint density at radius 1 is 1.00 bits per heavy atom. The van der Waals surface area contributed by atoms with E-state index in [-0.39, 0.29) is 24.4 Å². The SMILES string of the molecule is Cc1ccc2cc(CN(Cc3ccco3)S(=O)(=O)c3cccc(C(F)(F)F)c3)c(=O)[nH]c2c1C. The second-order valence-electron chi connectivity index (χ2n) is 7.97. The summed E-state index contributed by atoms with van der Waals surface area (Å²) in [6.45, 7) is 3.15. The second kappa shape index (κ2) is 8.77. The fourth-order valence-electron chi connectivity index (χ4n) is 3.66. The number of hydrogen-bond acceptors (Lipinski definition) is 4. The average molecular weight is 491 g/mol. The Morgan fingerprint density at radius 2 is 1.76 bits per heavy atom. The Morgan fingerprint density at radius 3 is 2.44 bits per heavy atom. The number of aromatic amines is 1. The van der Waals surface area contributed by atoms with E-state index in [4.69, 9.17) is 4.42 Å². The first-order valence-corrected chi connectivity index (χ1v) is 11.7. The predicted octanol–water partition coefficient (Wildman–Crippen LogP) is 5.15. The van der Waals surface area contributed by atoms with Crippen molar-refractivity contribution < 1.29 is 26.0 Å². The Hall–Kier alpha value is -3.37. The lowest BCUT2D eigenvalue weighted by molar-refractivity contribution is -0.137. The molecule has 0 saturated carbocycles. The summed E-state index contributed by atoms with van der Waals surface area (Å²) >= 11 is 0. The molecular formula is C24H21F3N2O4S. The topological polar surface area (TPSA) is 83.4 Å². The number of fused-ring (bicyclic) bond motifs is 1. The van der Waals surface area contributed by atoms with Gasteiger partial charge in [0.1, 0.15) is 5.76 Å². The molecule has 0 amide bonds. The molecule has 0 atom stereocenters. The van der Waals surface area contributed by atoms with Crippen molar-refractivity contribution in [3.8, 4) is 0 Å². The summed E-state index contributed by atoms with van der Waals surface area (Å²) in [5.41, 5.74) is 1.11. The van der Waals surface area contributed by atoms with Crippen molar-refractivity contribution in [1.82, 2.24) is 9.29 Å². The van der Waals surface area contributed by atoms with Crippen LogP contribution in [0.4, 0.5) is 13.2 Å². The van der Waals surface area contributed by atoms with Gasteiger partial charge in [-0.3, -0.25) is 4.79 Å². The highest BCUT2D eigenvalue weighted by Gasteiger charge is 2.33. The second-order valence-corrected chi connectivity index (χ2v) is 9.91. The number of rotatable bonds is 6. The smallest absolute Gasteiger partial charge is 0.416 e. The molecule has 4 aromatic rings. The first-order chi connectivity index (χ1) is 16.0. The molecule has 10 heteroatoms. The molecule has 0 aliphatic rings. The molecule has 2 heterocycles. The van der Waals surface area contributed by atoms with Crippen molar-refractivity contribution in [1.29, 1.82) is 0 Å². The maximum absolute atomic E-state index is 13.4. The quantitative estimate of drug-likeness (QED) is 0.405. The Labute approximate surface area is 193 Å². The first-order valence-electron chi connectivity index (χ1n) is 10.3. The van der Waals surface area contributed by atoms with E-state index in [1.165, 1.54) is 6.26 Å². The Kier molecular flexibility index (Phi) is 6.13. The van der Waals surface area contributed by atoms with Gasteiger partial charge in [0.05, 0.1) is 28.8 Å². The highest BCUT2D eigenvalue weighted by molar-refractivity contribution is 7.89. The number of aryl methyl sites for hydroxylation is 2. The molecule has 178 valence electrons. The van der Waals surface area contributed by atoms with E-state index in [9.17, 15) is 26.4 Å². The lowest BCUT2D eigenvalue weighted by Crippen LogP contribution is -2.32. The van der Waals surface area contributed by atoms with Gasteiger partial charge < -0.3 is 9.40 Å². The number of benzene rings is 2. The van der Waals surface area contributed by atoms with Crippen molar-refractivity contribution in [2.75, 3.05) is 0 Å². The lowest BCUT2D eigenvalue weighted by Gasteiger charge is -2.22. The molecule has 0 spiro atoms. The lowest BCUT2D eigenvalue weighted by atomic mass is 10.0. The van der Waals surface area contributed by atoms with E-state index in [2.05, 4.69) is 4.98 Å². The first kappa shape index (κ1) is 23.8. The zero-order chi connectivity index (χ0) is 24.7. The van der Waals surface area contributed by atoms with Crippen LogP contribution in [0.2, 0.25) is 0 Å². The molecule has 4 rings (SSSR count). The summed E-state index contributed by atoms with van der Waals surface area (Å²) in [5.74, 6) is 0.277. The maximum atomic E-state index is 13.4. The minimum atomic E-state index is -4.71. The summed E-state index contributed by atoms with van der Waals surface area (Å²) in [4.78, 5) is 15.1. The van der Waals surface area contributed by atoms with E-state index in [0.717, 1.165) is 33.6 Å². The van der Waals surface area contributed by atoms with Gasteiger partial charge in [0.25, 0.3) is 5.56 Å². The largest absolute Gasteiger partial charge is 0.468 e. The van der Waals surface area contributed by atoms with E-state index >= 15 is 0 Å². The standard InChI is InChI=1S/C24H21F3N2O4S/c1-15-8-9-17-11-18(23(30)28-22(17)16(15)2)13-29(14-20-6-4-10-33-20)34(31,32)21-7-3-5-19(12-21)24(25,26)27/h3-12H,13-14H2,1-2H3,(H,28,30). The van der Waals surface area contributed by atoms with Crippen LogP contribution in [0.3, 0.4) is 0 Å². The highest BCUT2D eigenvalue weighted by Crippen LogP contribution is 2.32. The fraction of sp³-hybridized carbons (Fsp3) is 0.208. The summed E-state index contributed by atoms with van der Waals surface area (Å²) < 4.78 is 72.6. The van der Waals surface area contributed by atoms with Crippen molar-refractivity contribution in [3.05, 3.63) is 99.2 Å². The van der Waals surface area contributed by atoms with Crippen LogP contribution in [0, 0.1) is 13.8 Å². The van der Waals surface area contributed by atoms with E-state index in [1.807, 2.05) is 26.0 Å². The Bertz CT molecular complexity index is 1510. The van der Waals surface area contributed by atoms with Gasteiger partial charge in [-0.1, -0.05) is 18.2 Å². The third-order valence-electron chi connectivity index (χ3n) is 5.69. The summed E-state index contributed by atoms with van der Waals surface area (Å²) in [5, 5.41) is 0.715. The van der Waals surface area contributed by atoms with Crippen LogP contribution in [0.1, 0.15) is 28.0 Å². The number of furan rings is 1. The van der Waals surface area contributed by atoms with Crippen LogP contribution in [0.15, 0.2) is 75.0 Å². The molecule has 6 nitrogen and oxygen atoms in total. The number of nitrogens with one attached hydrogen (secondary N) is 1. The Balaban J connectivity index is 1.79. The van der Waals surface area contributed by atoms with Crippen LogP contribution < -0.4 is 5.56 Å². The molecule has 0 saturated heterocycles. The van der Waals surface area contributed by atoms with Crippen molar-refractivity contribution >= 4 is 20.9 Å². The summed E-state index contributed by atoms with van der Waals surface area (Å²) in [6, 6.07) is 11.9. The summed E-state index contributed by atoms with van der Waals surface area (Å²) in [6.07, 6.45) is -3.35.